The van der Waals surface area contributed by atoms with Crippen molar-refractivity contribution in [3.63, 3.8) is 0 Å². The molecule has 0 rings (SSSR count). The number of carboxylic acids is 1. The minimum absolute atomic E-state index is 0.158. The van der Waals surface area contributed by atoms with E-state index in [2.05, 4.69) is 5.32 Å². The van der Waals surface area contributed by atoms with Gasteiger partial charge in [-0.15, -0.1) is 0 Å². The van der Waals surface area contributed by atoms with Crippen LogP contribution >= 0.6 is 0 Å². The van der Waals surface area contributed by atoms with Crippen LogP contribution in [0, 0.1) is 17.8 Å². The van der Waals surface area contributed by atoms with Crippen molar-refractivity contribution in [3.8, 4) is 0 Å². The molecule has 0 fully saturated rings. The second-order valence-electron chi connectivity index (χ2n) is 8.69. The van der Waals surface area contributed by atoms with Crippen LogP contribution in [0.25, 0.3) is 0 Å². The van der Waals surface area contributed by atoms with Crippen molar-refractivity contribution in [2.24, 2.45) is 23.5 Å². The Morgan fingerprint density at radius 1 is 1.03 bits per heavy atom. The van der Waals surface area contributed by atoms with Crippen LogP contribution in [0.1, 0.15) is 67.2 Å². The van der Waals surface area contributed by atoms with E-state index in [1.165, 1.54) is 0 Å². The molecule has 0 heterocycles. The highest BCUT2D eigenvalue weighted by atomic mass is 16.5. The van der Waals surface area contributed by atoms with Crippen LogP contribution in [-0.2, 0) is 28.7 Å². The number of Topliss-reactive ketones (excluding diaryl/α,β-unsaturated/α-hetero) is 2. The SMILES string of the molecule is CC[C@H](C)C(=O)CNC(=O)[C@H](CC(N)=O)CC(=O)C[C@H](C(=O)O)C(C)OC(C)(C)C. The number of nitrogens with two attached hydrogens (primary N) is 1. The van der Waals surface area contributed by atoms with Crippen LogP contribution in [0.5, 0.6) is 0 Å². The number of hydrogen-bond acceptors (Lipinski definition) is 6. The van der Waals surface area contributed by atoms with Gasteiger partial charge in [0.2, 0.25) is 11.8 Å². The van der Waals surface area contributed by atoms with Crippen LogP contribution < -0.4 is 11.1 Å². The summed E-state index contributed by atoms with van der Waals surface area (Å²) in [7, 11) is 0. The number of ether oxygens (including phenoxy) is 1. The van der Waals surface area contributed by atoms with Gasteiger partial charge in [0.25, 0.3) is 0 Å². The van der Waals surface area contributed by atoms with Gasteiger partial charge < -0.3 is 20.9 Å². The fraction of sp³-hybridized carbons (Fsp3) is 0.762. The molecule has 4 atom stereocenters. The summed E-state index contributed by atoms with van der Waals surface area (Å²) in [5.74, 6) is -5.62. The Morgan fingerprint density at radius 2 is 1.60 bits per heavy atom. The first-order chi connectivity index (χ1) is 13.7. The summed E-state index contributed by atoms with van der Waals surface area (Å²) in [5, 5.41) is 11.9. The highest BCUT2D eigenvalue weighted by molar-refractivity contribution is 5.93. The van der Waals surface area contributed by atoms with E-state index in [0.717, 1.165) is 0 Å². The molecular weight excluding hydrogens is 392 g/mol. The van der Waals surface area contributed by atoms with Gasteiger partial charge in [0, 0.05) is 25.2 Å². The quantitative estimate of drug-likeness (QED) is 0.378. The molecule has 4 N–H and O–H groups in total. The lowest BCUT2D eigenvalue weighted by Gasteiger charge is -2.28. The minimum Gasteiger partial charge on any atom is -0.481 e. The van der Waals surface area contributed by atoms with E-state index in [1.54, 1.807) is 34.6 Å². The van der Waals surface area contributed by atoms with E-state index in [9.17, 15) is 29.1 Å². The Labute approximate surface area is 178 Å². The van der Waals surface area contributed by atoms with Crippen molar-refractivity contribution in [1.82, 2.24) is 5.32 Å². The predicted octanol–water partition coefficient (Wildman–Crippen LogP) is 1.46. The topological polar surface area (TPSA) is 153 Å². The molecule has 0 bridgehead atoms. The maximum absolute atomic E-state index is 12.5. The van der Waals surface area contributed by atoms with Crippen molar-refractivity contribution < 1.29 is 33.8 Å². The number of carbonyl (C=O) groups is 5. The standard InChI is InChI=1S/C21H36N2O7/c1-7-12(2)17(25)11-23-19(27)14(9-18(22)26)8-15(24)10-16(20(28)29)13(3)30-21(4,5)6/h12-14,16H,7-11H2,1-6H3,(H2,22,26)(H,23,27)(H,28,29)/t12-,13?,14-,16-/m0/s1. The average Bonchev–Trinajstić information content (AvgIpc) is 2.60. The molecular formula is C21H36N2O7. The van der Waals surface area contributed by atoms with Gasteiger partial charge in [-0.1, -0.05) is 13.8 Å². The molecule has 172 valence electrons. The molecule has 9 nitrogen and oxygen atoms in total. The number of carbonyl (C=O) groups excluding carboxylic acids is 4. The largest absolute Gasteiger partial charge is 0.481 e. The van der Waals surface area contributed by atoms with Gasteiger partial charge in [0.05, 0.1) is 30.1 Å². The van der Waals surface area contributed by atoms with Crippen molar-refractivity contribution >= 4 is 29.4 Å². The lowest BCUT2D eigenvalue weighted by atomic mass is 9.90. The molecule has 0 radical (unpaired) electrons. The van der Waals surface area contributed by atoms with Crippen molar-refractivity contribution in [3.05, 3.63) is 0 Å². The van der Waals surface area contributed by atoms with Crippen LogP contribution in [-0.4, -0.2) is 52.7 Å². The molecule has 30 heavy (non-hydrogen) atoms. The predicted molar refractivity (Wildman–Crippen MR) is 110 cm³/mol. The number of rotatable bonds is 14. The first-order valence-electron chi connectivity index (χ1n) is 10.2. The third kappa shape index (κ3) is 11.0. The lowest BCUT2D eigenvalue weighted by molar-refractivity contribution is -0.155. The summed E-state index contributed by atoms with van der Waals surface area (Å²) in [6.07, 6.45) is -1.17. The van der Waals surface area contributed by atoms with Gasteiger partial charge in [0.15, 0.2) is 5.78 Å². The van der Waals surface area contributed by atoms with Gasteiger partial charge in [0.1, 0.15) is 5.78 Å². The molecule has 0 aliphatic carbocycles. The number of amides is 2. The van der Waals surface area contributed by atoms with Gasteiger partial charge in [-0.2, -0.15) is 0 Å². The van der Waals surface area contributed by atoms with Crippen molar-refractivity contribution in [2.75, 3.05) is 6.54 Å². The summed E-state index contributed by atoms with van der Waals surface area (Å²) in [4.78, 5) is 59.7. The van der Waals surface area contributed by atoms with Crippen molar-refractivity contribution in [2.45, 2.75) is 78.9 Å². The van der Waals surface area contributed by atoms with E-state index in [0.29, 0.717) is 6.42 Å². The van der Waals surface area contributed by atoms with E-state index in [-0.39, 0.29) is 37.5 Å². The summed E-state index contributed by atoms with van der Waals surface area (Å²) in [5.41, 5.74) is 4.60. The van der Waals surface area contributed by atoms with E-state index in [1.807, 2.05) is 6.92 Å². The molecule has 0 aliphatic heterocycles. The number of carboxylic acid groups (broad SMARTS) is 1. The van der Waals surface area contributed by atoms with Gasteiger partial charge in [-0.25, -0.2) is 0 Å². The summed E-state index contributed by atoms with van der Waals surface area (Å²) in [6.45, 7) is 10.3. The fourth-order valence-corrected chi connectivity index (χ4v) is 2.92. The third-order valence-electron chi connectivity index (χ3n) is 4.76. The normalized spacial score (nSPS) is 15.5. The number of nitrogens with one attached hydrogen (secondary N) is 1. The highest BCUT2D eigenvalue weighted by Crippen LogP contribution is 2.22. The molecule has 0 spiro atoms. The Hall–Kier alpha value is -2.29. The fourth-order valence-electron chi connectivity index (χ4n) is 2.92. The maximum Gasteiger partial charge on any atom is 0.309 e. The van der Waals surface area contributed by atoms with E-state index in [4.69, 9.17) is 10.5 Å². The second-order valence-corrected chi connectivity index (χ2v) is 8.69. The molecule has 0 aromatic heterocycles. The molecule has 0 aliphatic rings. The molecule has 1 unspecified atom stereocenters. The van der Waals surface area contributed by atoms with Crippen molar-refractivity contribution in [1.29, 1.82) is 0 Å². The third-order valence-corrected chi connectivity index (χ3v) is 4.76. The number of hydrogen-bond donors (Lipinski definition) is 3. The van der Waals surface area contributed by atoms with E-state index < -0.39 is 47.1 Å². The van der Waals surface area contributed by atoms with Crippen LogP contribution in [0.3, 0.4) is 0 Å². The molecule has 0 saturated heterocycles. The smallest absolute Gasteiger partial charge is 0.309 e. The maximum atomic E-state index is 12.5. The molecule has 0 saturated carbocycles. The lowest BCUT2D eigenvalue weighted by Crippen LogP contribution is -2.39. The Morgan fingerprint density at radius 3 is 2.03 bits per heavy atom. The van der Waals surface area contributed by atoms with Gasteiger partial charge >= 0.3 is 5.97 Å². The van der Waals surface area contributed by atoms with Gasteiger partial charge in [-0.3, -0.25) is 24.0 Å². The summed E-state index contributed by atoms with van der Waals surface area (Å²) < 4.78 is 5.65. The van der Waals surface area contributed by atoms with Crippen LogP contribution in [0.4, 0.5) is 0 Å². The zero-order chi connectivity index (χ0) is 23.6. The summed E-state index contributed by atoms with van der Waals surface area (Å²) >= 11 is 0. The first kappa shape index (κ1) is 27.7. The molecule has 9 heteroatoms. The highest BCUT2D eigenvalue weighted by Gasteiger charge is 2.33. The van der Waals surface area contributed by atoms with Crippen LogP contribution in [0.15, 0.2) is 0 Å². The molecule has 0 aromatic rings. The average molecular weight is 429 g/mol. The first-order valence-corrected chi connectivity index (χ1v) is 10.2. The number of aliphatic carboxylic acids is 1. The summed E-state index contributed by atoms with van der Waals surface area (Å²) in [6, 6.07) is 0. The zero-order valence-electron chi connectivity index (χ0n) is 18.8. The Bertz CT molecular complexity index is 640. The number of primary amides is 1. The zero-order valence-corrected chi connectivity index (χ0v) is 18.8. The van der Waals surface area contributed by atoms with Crippen LogP contribution in [0.2, 0.25) is 0 Å². The number of ketones is 2. The Balaban J connectivity index is 5.11. The second kappa shape index (κ2) is 12.4. The van der Waals surface area contributed by atoms with E-state index >= 15 is 0 Å². The van der Waals surface area contributed by atoms with Gasteiger partial charge in [-0.05, 0) is 34.1 Å². The molecule has 0 aromatic carbocycles. The minimum atomic E-state index is -1.19. The molecule has 2 amide bonds. The Kier molecular flexibility index (Phi) is 11.5. The monoisotopic (exact) mass is 428 g/mol.